The lowest BCUT2D eigenvalue weighted by Crippen LogP contribution is -2.37. The van der Waals surface area contributed by atoms with Crippen molar-refractivity contribution in [2.45, 2.75) is 46.1 Å². The van der Waals surface area contributed by atoms with Crippen LogP contribution in [-0.2, 0) is 13.0 Å². The molecule has 2 heterocycles. The Kier molecular flexibility index (Phi) is 6.46. The molecule has 0 fully saturated rings. The van der Waals surface area contributed by atoms with Crippen molar-refractivity contribution in [1.29, 1.82) is 0 Å². The summed E-state index contributed by atoms with van der Waals surface area (Å²) in [5.74, 6) is 2.93. The molecule has 0 aliphatic heterocycles. The lowest BCUT2D eigenvalue weighted by molar-refractivity contribution is 0.376. The monoisotopic (exact) mass is 368 g/mol. The molecular weight excluding hydrogens is 340 g/mol. The van der Waals surface area contributed by atoms with E-state index in [4.69, 9.17) is 4.52 Å². The SMILES string of the molecule is CCNC(=NCc1cc(C(C)C)no1)NCCCc1nc2ccccc2[nH]1. The summed E-state index contributed by atoms with van der Waals surface area (Å²) >= 11 is 0. The van der Waals surface area contributed by atoms with Crippen molar-refractivity contribution in [2.24, 2.45) is 4.99 Å². The first-order valence-electron chi connectivity index (χ1n) is 9.57. The maximum atomic E-state index is 5.34. The number of aromatic amines is 1. The van der Waals surface area contributed by atoms with Crippen LogP contribution in [0.15, 0.2) is 39.8 Å². The molecule has 0 radical (unpaired) electrons. The average Bonchev–Trinajstić information content (AvgIpc) is 3.29. The maximum Gasteiger partial charge on any atom is 0.191 e. The van der Waals surface area contributed by atoms with E-state index in [2.05, 4.69) is 51.5 Å². The van der Waals surface area contributed by atoms with E-state index < -0.39 is 0 Å². The molecule has 0 atom stereocenters. The van der Waals surface area contributed by atoms with Crippen LogP contribution < -0.4 is 10.6 Å². The molecule has 0 spiro atoms. The molecule has 0 saturated carbocycles. The van der Waals surface area contributed by atoms with Crippen LogP contribution in [0.5, 0.6) is 0 Å². The summed E-state index contributed by atoms with van der Waals surface area (Å²) in [4.78, 5) is 12.5. The quantitative estimate of drug-likeness (QED) is 0.322. The number of nitrogens with one attached hydrogen (secondary N) is 3. The first kappa shape index (κ1) is 18.9. The highest BCUT2D eigenvalue weighted by molar-refractivity contribution is 5.79. The van der Waals surface area contributed by atoms with Gasteiger partial charge in [-0.3, -0.25) is 0 Å². The van der Waals surface area contributed by atoms with E-state index >= 15 is 0 Å². The molecule has 2 aromatic heterocycles. The molecule has 1 aromatic carbocycles. The van der Waals surface area contributed by atoms with Gasteiger partial charge in [0.2, 0.25) is 0 Å². The van der Waals surface area contributed by atoms with Gasteiger partial charge in [0.05, 0.1) is 16.7 Å². The standard InChI is InChI=1S/C20H28N6O/c1-4-21-20(23-13-15-12-18(14(2)3)26-27-15)22-11-7-10-19-24-16-8-5-6-9-17(16)25-19/h5-6,8-9,12,14H,4,7,10-11,13H2,1-3H3,(H,24,25)(H2,21,22,23). The number of aromatic nitrogens is 3. The third-order valence-electron chi connectivity index (χ3n) is 4.23. The Morgan fingerprint density at radius 2 is 2.11 bits per heavy atom. The number of nitrogens with zero attached hydrogens (tertiary/aromatic N) is 3. The summed E-state index contributed by atoms with van der Waals surface area (Å²) in [6.07, 6.45) is 1.85. The first-order valence-corrected chi connectivity index (χ1v) is 9.57. The molecular formula is C20H28N6O. The number of imidazole rings is 1. The average molecular weight is 368 g/mol. The zero-order chi connectivity index (χ0) is 19.1. The highest BCUT2D eigenvalue weighted by Crippen LogP contribution is 2.14. The summed E-state index contributed by atoms with van der Waals surface area (Å²) in [6.45, 7) is 8.34. The summed E-state index contributed by atoms with van der Waals surface area (Å²) < 4.78 is 5.34. The van der Waals surface area contributed by atoms with Crippen molar-refractivity contribution in [2.75, 3.05) is 13.1 Å². The van der Waals surface area contributed by atoms with Crippen LogP contribution >= 0.6 is 0 Å². The Labute approximate surface area is 159 Å². The molecule has 3 aromatic rings. The summed E-state index contributed by atoms with van der Waals surface area (Å²) in [5.41, 5.74) is 3.07. The molecule has 0 bridgehead atoms. The Bertz CT molecular complexity index is 846. The Balaban J connectivity index is 1.48. The number of fused-ring (bicyclic) bond motifs is 1. The normalized spacial score (nSPS) is 12.1. The van der Waals surface area contributed by atoms with Gasteiger partial charge in [-0.05, 0) is 31.4 Å². The number of para-hydroxylation sites is 2. The number of guanidine groups is 1. The van der Waals surface area contributed by atoms with Gasteiger partial charge in [0, 0.05) is 25.6 Å². The number of hydrogen-bond donors (Lipinski definition) is 3. The van der Waals surface area contributed by atoms with Crippen LogP contribution in [0.1, 0.15) is 50.4 Å². The van der Waals surface area contributed by atoms with Gasteiger partial charge in [0.1, 0.15) is 12.4 Å². The van der Waals surface area contributed by atoms with Gasteiger partial charge in [-0.15, -0.1) is 0 Å². The topological polar surface area (TPSA) is 91.1 Å². The van der Waals surface area contributed by atoms with Crippen LogP contribution in [0.4, 0.5) is 0 Å². The third kappa shape index (κ3) is 5.32. The second-order valence-electron chi connectivity index (χ2n) is 6.80. The molecule has 7 heteroatoms. The van der Waals surface area contributed by atoms with Crippen LogP contribution in [0, 0.1) is 0 Å². The first-order chi connectivity index (χ1) is 13.2. The van der Waals surface area contributed by atoms with Crippen molar-refractivity contribution in [3.63, 3.8) is 0 Å². The van der Waals surface area contributed by atoms with Gasteiger partial charge in [-0.1, -0.05) is 31.1 Å². The van der Waals surface area contributed by atoms with Gasteiger partial charge in [0.25, 0.3) is 0 Å². The van der Waals surface area contributed by atoms with E-state index in [1.165, 1.54) is 0 Å². The van der Waals surface area contributed by atoms with Crippen molar-refractivity contribution in [1.82, 2.24) is 25.8 Å². The van der Waals surface area contributed by atoms with Crippen molar-refractivity contribution in [3.05, 3.63) is 47.6 Å². The van der Waals surface area contributed by atoms with E-state index in [1.54, 1.807) is 0 Å². The molecule has 27 heavy (non-hydrogen) atoms. The van der Waals surface area contributed by atoms with Crippen LogP contribution in [0.2, 0.25) is 0 Å². The summed E-state index contributed by atoms with van der Waals surface area (Å²) in [6, 6.07) is 10.1. The minimum Gasteiger partial charge on any atom is -0.359 e. The molecule has 7 nitrogen and oxygen atoms in total. The fraction of sp³-hybridized carbons (Fsp3) is 0.450. The predicted octanol–water partition coefficient (Wildman–Crippen LogP) is 3.36. The smallest absolute Gasteiger partial charge is 0.191 e. The second-order valence-corrected chi connectivity index (χ2v) is 6.80. The van der Waals surface area contributed by atoms with E-state index in [9.17, 15) is 0 Å². The number of aryl methyl sites for hydroxylation is 1. The van der Waals surface area contributed by atoms with Gasteiger partial charge >= 0.3 is 0 Å². The third-order valence-corrected chi connectivity index (χ3v) is 4.23. The van der Waals surface area contributed by atoms with Gasteiger partial charge < -0.3 is 20.1 Å². The highest BCUT2D eigenvalue weighted by Gasteiger charge is 2.07. The summed E-state index contributed by atoms with van der Waals surface area (Å²) in [7, 11) is 0. The van der Waals surface area contributed by atoms with Gasteiger partial charge in [-0.25, -0.2) is 9.98 Å². The number of rotatable bonds is 8. The minimum absolute atomic E-state index is 0.357. The van der Waals surface area contributed by atoms with E-state index in [1.807, 2.05) is 30.3 Å². The van der Waals surface area contributed by atoms with E-state index in [-0.39, 0.29) is 0 Å². The maximum absolute atomic E-state index is 5.34. The number of H-pyrrole nitrogens is 1. The van der Waals surface area contributed by atoms with Gasteiger partial charge in [-0.2, -0.15) is 0 Å². The molecule has 0 aliphatic rings. The molecule has 3 N–H and O–H groups in total. The number of aliphatic imine (C=N–C) groups is 1. The van der Waals surface area contributed by atoms with Crippen LogP contribution in [0.3, 0.4) is 0 Å². The second kappa shape index (κ2) is 9.21. The van der Waals surface area contributed by atoms with Crippen LogP contribution in [0.25, 0.3) is 11.0 Å². The Morgan fingerprint density at radius 1 is 1.26 bits per heavy atom. The fourth-order valence-corrected chi connectivity index (χ4v) is 2.76. The predicted molar refractivity (Wildman–Crippen MR) is 108 cm³/mol. The van der Waals surface area contributed by atoms with Crippen molar-refractivity contribution in [3.8, 4) is 0 Å². The largest absolute Gasteiger partial charge is 0.359 e. The Morgan fingerprint density at radius 3 is 2.85 bits per heavy atom. The van der Waals surface area contributed by atoms with Crippen molar-refractivity contribution >= 4 is 17.0 Å². The summed E-state index contributed by atoms with van der Waals surface area (Å²) in [5, 5.41) is 10.7. The van der Waals surface area contributed by atoms with E-state index in [0.29, 0.717) is 12.5 Å². The molecule has 0 saturated heterocycles. The number of hydrogen-bond acceptors (Lipinski definition) is 4. The van der Waals surface area contributed by atoms with Gasteiger partial charge in [0.15, 0.2) is 11.7 Å². The van der Waals surface area contributed by atoms with E-state index in [0.717, 1.165) is 60.2 Å². The molecule has 0 unspecified atom stereocenters. The lowest BCUT2D eigenvalue weighted by Gasteiger charge is -2.10. The van der Waals surface area contributed by atoms with Crippen LogP contribution in [-0.4, -0.2) is 34.2 Å². The zero-order valence-corrected chi connectivity index (χ0v) is 16.2. The molecule has 0 amide bonds. The Hall–Kier alpha value is -2.83. The molecule has 3 rings (SSSR count). The minimum atomic E-state index is 0.357. The molecule has 144 valence electrons. The number of benzene rings is 1. The fourth-order valence-electron chi connectivity index (χ4n) is 2.76. The zero-order valence-electron chi connectivity index (χ0n) is 16.2. The van der Waals surface area contributed by atoms with Crippen molar-refractivity contribution < 1.29 is 4.52 Å². The highest BCUT2D eigenvalue weighted by atomic mass is 16.5. The lowest BCUT2D eigenvalue weighted by atomic mass is 10.1. The molecule has 0 aliphatic carbocycles.